The van der Waals surface area contributed by atoms with Crippen LogP contribution in [0.1, 0.15) is 12.6 Å². The average molecular weight is 202 g/mol. The smallest absolute Gasteiger partial charge is 0.248 e. The van der Waals surface area contributed by atoms with Crippen molar-refractivity contribution in [1.82, 2.24) is 4.98 Å². The summed E-state index contributed by atoms with van der Waals surface area (Å²) in [4.78, 5) is 13.4. The first-order valence-electron chi connectivity index (χ1n) is 3.11. The Hall–Kier alpha value is -0.570. The molecule has 0 saturated carbocycles. The van der Waals surface area contributed by atoms with Crippen molar-refractivity contribution < 1.29 is 0 Å². The third kappa shape index (κ3) is 1.48. The third-order valence-corrected chi connectivity index (χ3v) is 2.04. The van der Waals surface area contributed by atoms with Crippen LogP contribution in [-0.2, 0) is 6.42 Å². The second-order valence-electron chi connectivity index (χ2n) is 2.00. The standard InChI is InChI=1S/C7H8BrNO/c1-2-6-5(8)3-4-7(10)9-6/h3-4H,2H2,1H3,(H,9,10). The fraction of sp³-hybridized carbons (Fsp3) is 0.286. The zero-order valence-corrected chi connectivity index (χ0v) is 7.23. The first kappa shape index (κ1) is 7.54. The Balaban J connectivity index is 3.22. The highest BCUT2D eigenvalue weighted by Gasteiger charge is 1.95. The van der Waals surface area contributed by atoms with Gasteiger partial charge in [0.25, 0.3) is 0 Å². The molecule has 0 bridgehead atoms. The fourth-order valence-corrected chi connectivity index (χ4v) is 1.27. The summed E-state index contributed by atoms with van der Waals surface area (Å²) in [5.74, 6) is 0. The first-order valence-corrected chi connectivity index (χ1v) is 3.91. The number of nitrogens with one attached hydrogen (secondary N) is 1. The summed E-state index contributed by atoms with van der Waals surface area (Å²) < 4.78 is 0.967. The lowest BCUT2D eigenvalue weighted by Crippen LogP contribution is -2.06. The van der Waals surface area contributed by atoms with Gasteiger partial charge in [-0.1, -0.05) is 6.92 Å². The zero-order valence-electron chi connectivity index (χ0n) is 5.65. The summed E-state index contributed by atoms with van der Waals surface area (Å²) in [5, 5.41) is 0. The topological polar surface area (TPSA) is 32.9 Å². The highest BCUT2D eigenvalue weighted by molar-refractivity contribution is 9.10. The maximum Gasteiger partial charge on any atom is 0.248 e. The Morgan fingerprint density at radius 2 is 2.30 bits per heavy atom. The van der Waals surface area contributed by atoms with Gasteiger partial charge in [-0.05, 0) is 28.4 Å². The van der Waals surface area contributed by atoms with Crippen molar-refractivity contribution in [3.05, 3.63) is 32.7 Å². The highest BCUT2D eigenvalue weighted by Crippen LogP contribution is 2.11. The molecule has 0 aromatic carbocycles. The number of pyridine rings is 1. The van der Waals surface area contributed by atoms with Gasteiger partial charge in [0.15, 0.2) is 0 Å². The van der Waals surface area contributed by atoms with E-state index in [0.29, 0.717) is 0 Å². The number of aromatic amines is 1. The molecule has 1 N–H and O–H groups in total. The minimum atomic E-state index is -0.0416. The largest absolute Gasteiger partial charge is 0.325 e. The second kappa shape index (κ2) is 3.01. The van der Waals surface area contributed by atoms with Gasteiger partial charge < -0.3 is 4.98 Å². The molecule has 0 amide bonds. The molecule has 0 fully saturated rings. The molecule has 1 rings (SSSR count). The molecule has 0 spiro atoms. The van der Waals surface area contributed by atoms with E-state index in [0.717, 1.165) is 16.6 Å². The van der Waals surface area contributed by atoms with E-state index in [1.54, 1.807) is 6.07 Å². The molecule has 10 heavy (non-hydrogen) atoms. The van der Waals surface area contributed by atoms with Crippen LogP contribution in [0.4, 0.5) is 0 Å². The Morgan fingerprint density at radius 3 is 2.80 bits per heavy atom. The Kier molecular flexibility index (Phi) is 2.27. The lowest BCUT2D eigenvalue weighted by atomic mass is 10.3. The van der Waals surface area contributed by atoms with E-state index in [2.05, 4.69) is 20.9 Å². The summed E-state index contributed by atoms with van der Waals surface area (Å²) in [6.07, 6.45) is 0.844. The normalized spacial score (nSPS) is 9.80. The van der Waals surface area contributed by atoms with E-state index in [9.17, 15) is 4.79 Å². The van der Waals surface area contributed by atoms with Crippen LogP contribution >= 0.6 is 15.9 Å². The molecule has 0 radical (unpaired) electrons. The van der Waals surface area contributed by atoms with Crippen molar-refractivity contribution in [2.75, 3.05) is 0 Å². The van der Waals surface area contributed by atoms with Crippen LogP contribution in [0.15, 0.2) is 21.4 Å². The molecular formula is C7H8BrNO. The Bertz CT molecular complexity index is 279. The van der Waals surface area contributed by atoms with Crippen molar-refractivity contribution in [3.63, 3.8) is 0 Å². The van der Waals surface area contributed by atoms with Crippen LogP contribution in [0.2, 0.25) is 0 Å². The Labute approximate surface area is 67.4 Å². The lowest BCUT2D eigenvalue weighted by Gasteiger charge is -1.97. The van der Waals surface area contributed by atoms with Gasteiger partial charge in [-0.25, -0.2) is 0 Å². The summed E-state index contributed by atoms with van der Waals surface area (Å²) >= 11 is 3.32. The maximum atomic E-state index is 10.7. The average Bonchev–Trinajstić information content (AvgIpc) is 1.94. The molecule has 1 aromatic heterocycles. The van der Waals surface area contributed by atoms with Crippen LogP contribution in [-0.4, -0.2) is 4.98 Å². The summed E-state index contributed by atoms with van der Waals surface area (Å²) in [6.45, 7) is 2.00. The van der Waals surface area contributed by atoms with Crippen molar-refractivity contribution >= 4 is 15.9 Å². The number of halogens is 1. The highest BCUT2D eigenvalue weighted by atomic mass is 79.9. The minimum absolute atomic E-state index is 0.0416. The summed E-state index contributed by atoms with van der Waals surface area (Å²) in [5.41, 5.74) is 0.910. The van der Waals surface area contributed by atoms with E-state index in [4.69, 9.17) is 0 Å². The number of H-pyrrole nitrogens is 1. The van der Waals surface area contributed by atoms with Crippen LogP contribution in [0.5, 0.6) is 0 Å². The molecule has 0 aliphatic heterocycles. The van der Waals surface area contributed by atoms with E-state index < -0.39 is 0 Å². The Morgan fingerprint density at radius 1 is 1.60 bits per heavy atom. The van der Waals surface area contributed by atoms with E-state index in [1.165, 1.54) is 6.07 Å². The molecule has 0 aliphatic rings. The predicted octanol–water partition coefficient (Wildman–Crippen LogP) is 1.70. The van der Waals surface area contributed by atoms with E-state index in [-0.39, 0.29) is 5.56 Å². The SMILES string of the molecule is CCc1[nH]c(=O)ccc1Br. The monoisotopic (exact) mass is 201 g/mol. The van der Waals surface area contributed by atoms with Gasteiger partial charge in [-0.3, -0.25) is 4.79 Å². The van der Waals surface area contributed by atoms with Gasteiger partial charge in [0, 0.05) is 16.2 Å². The van der Waals surface area contributed by atoms with Gasteiger partial charge >= 0.3 is 0 Å². The van der Waals surface area contributed by atoms with E-state index >= 15 is 0 Å². The summed E-state index contributed by atoms with van der Waals surface area (Å²) in [6, 6.07) is 3.26. The number of aromatic nitrogens is 1. The van der Waals surface area contributed by atoms with Crippen molar-refractivity contribution in [3.8, 4) is 0 Å². The lowest BCUT2D eigenvalue weighted by molar-refractivity contribution is 0.999. The fourth-order valence-electron chi connectivity index (χ4n) is 0.757. The molecule has 0 unspecified atom stereocenters. The molecule has 54 valence electrons. The van der Waals surface area contributed by atoms with E-state index in [1.807, 2.05) is 6.92 Å². The number of rotatable bonds is 1. The second-order valence-corrected chi connectivity index (χ2v) is 2.86. The van der Waals surface area contributed by atoms with Crippen molar-refractivity contribution in [1.29, 1.82) is 0 Å². The molecule has 0 saturated heterocycles. The number of hydrogen-bond acceptors (Lipinski definition) is 1. The minimum Gasteiger partial charge on any atom is -0.325 e. The quantitative estimate of drug-likeness (QED) is 0.738. The molecule has 3 heteroatoms. The van der Waals surface area contributed by atoms with Crippen LogP contribution in [0.25, 0.3) is 0 Å². The summed E-state index contributed by atoms with van der Waals surface area (Å²) in [7, 11) is 0. The molecule has 1 heterocycles. The van der Waals surface area contributed by atoms with Gasteiger partial charge in [0.05, 0.1) is 0 Å². The molecule has 0 atom stereocenters. The van der Waals surface area contributed by atoms with Gasteiger partial charge in [-0.15, -0.1) is 0 Å². The molecule has 2 nitrogen and oxygen atoms in total. The van der Waals surface area contributed by atoms with Gasteiger partial charge in [0.1, 0.15) is 0 Å². The molecular weight excluding hydrogens is 194 g/mol. The van der Waals surface area contributed by atoms with Gasteiger partial charge in [-0.2, -0.15) is 0 Å². The van der Waals surface area contributed by atoms with Crippen molar-refractivity contribution in [2.45, 2.75) is 13.3 Å². The molecule has 0 aliphatic carbocycles. The van der Waals surface area contributed by atoms with Crippen molar-refractivity contribution in [2.24, 2.45) is 0 Å². The first-order chi connectivity index (χ1) is 4.74. The molecule has 1 aromatic rings. The predicted molar refractivity (Wildman–Crippen MR) is 44.1 cm³/mol. The van der Waals surface area contributed by atoms with Crippen LogP contribution < -0.4 is 5.56 Å². The maximum absolute atomic E-state index is 10.7. The number of aryl methyl sites for hydroxylation is 1. The number of hydrogen-bond donors (Lipinski definition) is 1. The third-order valence-electron chi connectivity index (χ3n) is 1.30. The van der Waals surface area contributed by atoms with Gasteiger partial charge in [0.2, 0.25) is 5.56 Å². The van der Waals surface area contributed by atoms with Crippen LogP contribution in [0.3, 0.4) is 0 Å². The van der Waals surface area contributed by atoms with Crippen LogP contribution in [0, 0.1) is 0 Å². The zero-order chi connectivity index (χ0) is 7.56.